The van der Waals surface area contributed by atoms with E-state index in [1.807, 2.05) is 0 Å². The summed E-state index contributed by atoms with van der Waals surface area (Å²) in [7, 11) is 0. The van der Waals surface area contributed by atoms with Crippen LogP contribution in [0.3, 0.4) is 0 Å². The number of hydrogen-bond donors (Lipinski definition) is 3. The monoisotopic (exact) mass is 256 g/mol. The zero-order valence-electron chi connectivity index (χ0n) is 9.54. The van der Waals surface area contributed by atoms with E-state index >= 15 is 0 Å². The molecule has 3 aromatic rings. The van der Waals surface area contributed by atoms with Crippen molar-refractivity contribution in [2.45, 2.75) is 0 Å². The molecule has 0 radical (unpaired) electrons. The number of nitrogens with zero attached hydrogens (tertiary/aromatic N) is 2. The van der Waals surface area contributed by atoms with Crippen LogP contribution in [0.5, 0.6) is 0 Å². The molecule has 0 saturated heterocycles. The molecular weight excluding hydrogens is 248 g/mol. The van der Waals surface area contributed by atoms with Gasteiger partial charge in [0.15, 0.2) is 5.65 Å². The van der Waals surface area contributed by atoms with Crippen LogP contribution in [0.1, 0.15) is 10.4 Å². The van der Waals surface area contributed by atoms with Gasteiger partial charge < -0.3 is 5.11 Å². The van der Waals surface area contributed by atoms with Crippen LogP contribution in [0.2, 0.25) is 0 Å². The number of hydrogen-bond acceptors (Lipinski definition) is 4. The Balaban J connectivity index is 2.35. The SMILES string of the molecule is O=C(O)c1cc(-c2cccnc2)nc2[nH][nH]c(=O)c12. The fraction of sp³-hybridized carbons (Fsp3) is 0. The number of nitrogens with one attached hydrogen (secondary N) is 2. The highest BCUT2D eigenvalue weighted by atomic mass is 16.4. The number of aromatic nitrogens is 4. The molecular formula is C12H8N4O3. The number of aromatic carboxylic acids is 1. The molecule has 0 spiro atoms. The average molecular weight is 256 g/mol. The largest absolute Gasteiger partial charge is 0.478 e. The molecule has 0 fully saturated rings. The fourth-order valence-electron chi connectivity index (χ4n) is 1.87. The van der Waals surface area contributed by atoms with Crippen molar-refractivity contribution in [1.29, 1.82) is 0 Å². The van der Waals surface area contributed by atoms with Crippen LogP contribution < -0.4 is 5.56 Å². The number of rotatable bonds is 2. The van der Waals surface area contributed by atoms with Gasteiger partial charge in [0.05, 0.1) is 16.6 Å². The second-order valence-corrected chi connectivity index (χ2v) is 3.90. The van der Waals surface area contributed by atoms with Crippen molar-refractivity contribution in [3.63, 3.8) is 0 Å². The third-order valence-electron chi connectivity index (χ3n) is 2.73. The standard InChI is InChI=1S/C12H8N4O3/c17-11-9-7(12(18)19)4-8(14-10(9)15-16-11)6-2-1-3-13-5-6/h1-5H,(H,18,19)(H2,14,15,16,17). The molecule has 0 unspecified atom stereocenters. The Morgan fingerprint density at radius 1 is 1.32 bits per heavy atom. The second-order valence-electron chi connectivity index (χ2n) is 3.90. The van der Waals surface area contributed by atoms with Crippen LogP contribution in [-0.4, -0.2) is 31.2 Å². The first-order valence-corrected chi connectivity index (χ1v) is 5.42. The van der Waals surface area contributed by atoms with Gasteiger partial charge in [-0.05, 0) is 18.2 Å². The molecule has 7 heteroatoms. The molecule has 3 N–H and O–H groups in total. The number of H-pyrrole nitrogens is 2. The summed E-state index contributed by atoms with van der Waals surface area (Å²) in [4.78, 5) is 31.0. The van der Waals surface area contributed by atoms with Crippen LogP contribution in [0.4, 0.5) is 0 Å². The highest BCUT2D eigenvalue weighted by Gasteiger charge is 2.16. The normalized spacial score (nSPS) is 10.7. The zero-order valence-corrected chi connectivity index (χ0v) is 9.54. The van der Waals surface area contributed by atoms with Crippen LogP contribution in [0.25, 0.3) is 22.3 Å². The Hall–Kier alpha value is -2.96. The zero-order chi connectivity index (χ0) is 13.4. The van der Waals surface area contributed by atoms with Gasteiger partial charge in [0, 0.05) is 18.0 Å². The molecule has 3 rings (SSSR count). The van der Waals surface area contributed by atoms with Gasteiger partial charge in [0.25, 0.3) is 5.56 Å². The van der Waals surface area contributed by atoms with E-state index in [-0.39, 0.29) is 16.6 Å². The van der Waals surface area contributed by atoms with Crippen LogP contribution in [0, 0.1) is 0 Å². The van der Waals surface area contributed by atoms with Crippen molar-refractivity contribution >= 4 is 17.0 Å². The summed E-state index contributed by atoms with van der Waals surface area (Å²) in [5.74, 6) is -1.18. The van der Waals surface area contributed by atoms with Gasteiger partial charge in [-0.1, -0.05) is 0 Å². The smallest absolute Gasteiger partial charge is 0.336 e. The van der Waals surface area contributed by atoms with Crippen molar-refractivity contribution in [1.82, 2.24) is 20.2 Å². The van der Waals surface area contributed by atoms with Crippen LogP contribution >= 0.6 is 0 Å². The minimum Gasteiger partial charge on any atom is -0.478 e. The van der Waals surface area contributed by atoms with E-state index < -0.39 is 11.5 Å². The van der Waals surface area contributed by atoms with E-state index in [4.69, 9.17) is 0 Å². The van der Waals surface area contributed by atoms with E-state index in [0.29, 0.717) is 11.3 Å². The lowest BCUT2D eigenvalue weighted by Crippen LogP contribution is -2.06. The molecule has 0 aliphatic carbocycles. The molecule has 0 atom stereocenters. The predicted molar refractivity (Wildman–Crippen MR) is 66.9 cm³/mol. The quantitative estimate of drug-likeness (QED) is 0.633. The van der Waals surface area contributed by atoms with Crippen molar-refractivity contribution in [3.8, 4) is 11.3 Å². The summed E-state index contributed by atoms with van der Waals surface area (Å²) in [6, 6.07) is 4.85. The minimum absolute atomic E-state index is 0.0418. The lowest BCUT2D eigenvalue weighted by Gasteiger charge is -2.02. The van der Waals surface area contributed by atoms with E-state index in [1.165, 1.54) is 6.07 Å². The van der Waals surface area contributed by atoms with Gasteiger partial charge in [0.1, 0.15) is 0 Å². The maximum absolute atomic E-state index is 11.5. The van der Waals surface area contributed by atoms with Gasteiger partial charge in [-0.15, -0.1) is 0 Å². The number of aromatic amines is 2. The minimum atomic E-state index is -1.18. The number of pyridine rings is 2. The Labute approximate surface area is 105 Å². The highest BCUT2D eigenvalue weighted by molar-refractivity contribution is 6.02. The van der Waals surface area contributed by atoms with Crippen molar-refractivity contribution in [3.05, 3.63) is 46.5 Å². The molecule has 0 amide bonds. The van der Waals surface area contributed by atoms with Gasteiger partial charge in [-0.2, -0.15) is 0 Å². The first kappa shape index (κ1) is 11.1. The topological polar surface area (TPSA) is 112 Å². The van der Waals surface area contributed by atoms with Crippen LogP contribution in [-0.2, 0) is 0 Å². The third kappa shape index (κ3) is 1.77. The van der Waals surface area contributed by atoms with Crippen molar-refractivity contribution < 1.29 is 9.90 Å². The highest BCUT2D eigenvalue weighted by Crippen LogP contribution is 2.21. The predicted octanol–water partition coefficient (Wildman–Crippen LogP) is 1.01. The molecule has 3 heterocycles. The Morgan fingerprint density at radius 2 is 2.16 bits per heavy atom. The van der Waals surface area contributed by atoms with Crippen molar-refractivity contribution in [2.75, 3.05) is 0 Å². The third-order valence-corrected chi connectivity index (χ3v) is 2.73. The number of carbonyl (C=O) groups is 1. The van der Waals surface area contributed by atoms with E-state index in [1.54, 1.807) is 24.5 Å². The number of carboxylic acids is 1. The molecule has 0 aliphatic heterocycles. The molecule has 0 aliphatic rings. The second kappa shape index (κ2) is 4.05. The van der Waals surface area contributed by atoms with E-state index in [2.05, 4.69) is 20.2 Å². The van der Waals surface area contributed by atoms with Gasteiger partial charge >= 0.3 is 5.97 Å². The summed E-state index contributed by atoms with van der Waals surface area (Å²) < 4.78 is 0. The molecule has 0 aromatic carbocycles. The molecule has 0 bridgehead atoms. The Kier molecular flexibility index (Phi) is 2.38. The number of fused-ring (bicyclic) bond motifs is 1. The molecule has 0 saturated carbocycles. The van der Waals surface area contributed by atoms with Crippen LogP contribution in [0.15, 0.2) is 35.4 Å². The van der Waals surface area contributed by atoms with Gasteiger partial charge in [0.2, 0.25) is 0 Å². The fourth-order valence-corrected chi connectivity index (χ4v) is 1.87. The Morgan fingerprint density at radius 3 is 2.84 bits per heavy atom. The van der Waals surface area contributed by atoms with E-state index in [0.717, 1.165) is 0 Å². The summed E-state index contributed by atoms with van der Waals surface area (Å²) in [5.41, 5.74) is 0.731. The maximum atomic E-state index is 11.5. The molecule has 3 aromatic heterocycles. The summed E-state index contributed by atoms with van der Waals surface area (Å²) >= 11 is 0. The summed E-state index contributed by atoms with van der Waals surface area (Å²) in [5, 5.41) is 14.1. The first-order chi connectivity index (χ1) is 9.16. The molecule has 7 nitrogen and oxygen atoms in total. The van der Waals surface area contributed by atoms with Gasteiger partial charge in [-0.3, -0.25) is 20.0 Å². The Bertz CT molecular complexity index is 820. The lowest BCUT2D eigenvalue weighted by molar-refractivity contribution is 0.0699. The van der Waals surface area contributed by atoms with Crippen molar-refractivity contribution in [2.24, 2.45) is 0 Å². The molecule has 94 valence electrons. The summed E-state index contributed by atoms with van der Waals surface area (Å²) in [6.45, 7) is 0. The molecule has 19 heavy (non-hydrogen) atoms. The van der Waals surface area contributed by atoms with Gasteiger partial charge in [-0.25, -0.2) is 9.78 Å². The summed E-state index contributed by atoms with van der Waals surface area (Å²) in [6.07, 6.45) is 3.18. The van der Waals surface area contributed by atoms with E-state index in [9.17, 15) is 14.7 Å². The average Bonchev–Trinajstić information content (AvgIpc) is 2.80. The number of carboxylic acid groups (broad SMARTS) is 1. The first-order valence-electron chi connectivity index (χ1n) is 5.42. The lowest BCUT2D eigenvalue weighted by atomic mass is 10.1. The maximum Gasteiger partial charge on any atom is 0.336 e.